The Bertz CT molecular complexity index is 891. The van der Waals surface area contributed by atoms with Crippen molar-refractivity contribution in [1.82, 2.24) is 14.9 Å². The van der Waals surface area contributed by atoms with E-state index in [2.05, 4.69) is 10.3 Å². The zero-order chi connectivity index (χ0) is 18.5. The Morgan fingerprint density at radius 1 is 1.31 bits per heavy atom. The lowest BCUT2D eigenvalue weighted by atomic mass is 10.3. The summed E-state index contributed by atoms with van der Waals surface area (Å²) >= 11 is 1.53. The molecule has 2 heterocycles. The Labute approximate surface area is 153 Å². The van der Waals surface area contributed by atoms with Crippen molar-refractivity contribution >= 4 is 23.2 Å². The molecule has 0 aliphatic heterocycles. The number of amides is 1. The van der Waals surface area contributed by atoms with E-state index in [9.17, 15) is 14.0 Å². The monoisotopic (exact) mass is 373 g/mol. The van der Waals surface area contributed by atoms with Crippen LogP contribution in [0.3, 0.4) is 0 Å². The molecule has 1 unspecified atom stereocenters. The van der Waals surface area contributed by atoms with Gasteiger partial charge in [0.15, 0.2) is 11.8 Å². The maximum absolute atomic E-state index is 13.1. The lowest BCUT2D eigenvalue weighted by Crippen LogP contribution is -2.35. The number of esters is 1. The number of nitrogens with one attached hydrogen (secondary N) is 1. The highest BCUT2D eigenvalue weighted by Gasteiger charge is 2.21. The topological polar surface area (TPSA) is 73.2 Å². The fourth-order valence-corrected chi connectivity index (χ4v) is 2.90. The van der Waals surface area contributed by atoms with Crippen molar-refractivity contribution in [2.24, 2.45) is 0 Å². The Morgan fingerprint density at radius 3 is 2.77 bits per heavy atom. The number of imidazole rings is 1. The van der Waals surface area contributed by atoms with Gasteiger partial charge in [-0.05, 0) is 42.6 Å². The molecular weight excluding hydrogens is 357 g/mol. The van der Waals surface area contributed by atoms with Gasteiger partial charge in [0.2, 0.25) is 0 Å². The summed E-state index contributed by atoms with van der Waals surface area (Å²) in [6.45, 7) is 1.88. The van der Waals surface area contributed by atoms with Crippen molar-refractivity contribution < 1.29 is 18.7 Å². The number of nitrogens with zero attached hydrogens (tertiary/aromatic N) is 2. The van der Waals surface area contributed by atoms with E-state index in [0.717, 1.165) is 4.88 Å². The fraction of sp³-hybridized carbons (Fsp3) is 0.167. The van der Waals surface area contributed by atoms with Crippen molar-refractivity contribution in [3.8, 4) is 5.69 Å². The number of rotatable bonds is 6. The second kappa shape index (κ2) is 7.92. The van der Waals surface area contributed by atoms with Gasteiger partial charge in [0.25, 0.3) is 5.91 Å². The van der Waals surface area contributed by atoms with Crippen molar-refractivity contribution in [1.29, 1.82) is 0 Å². The maximum atomic E-state index is 13.1. The first-order valence-electron chi connectivity index (χ1n) is 7.84. The zero-order valence-electron chi connectivity index (χ0n) is 13.9. The van der Waals surface area contributed by atoms with Crippen LogP contribution >= 0.6 is 11.3 Å². The summed E-state index contributed by atoms with van der Waals surface area (Å²) in [6, 6.07) is 9.40. The van der Waals surface area contributed by atoms with Crippen molar-refractivity contribution in [3.63, 3.8) is 0 Å². The Kier molecular flexibility index (Phi) is 5.43. The smallest absolute Gasteiger partial charge is 0.357 e. The second-order valence-corrected chi connectivity index (χ2v) is 6.50. The normalized spacial score (nSPS) is 11.8. The zero-order valence-corrected chi connectivity index (χ0v) is 14.7. The number of carbonyl (C=O) groups excluding carboxylic acids is 2. The summed E-state index contributed by atoms with van der Waals surface area (Å²) in [5.74, 6) is -1.46. The van der Waals surface area contributed by atoms with Gasteiger partial charge in [0.05, 0.1) is 19.1 Å². The van der Waals surface area contributed by atoms with E-state index in [1.165, 1.54) is 59.6 Å². The Balaban J connectivity index is 1.63. The number of hydrogen-bond donors (Lipinski definition) is 1. The van der Waals surface area contributed by atoms with Crippen LogP contribution in [0.5, 0.6) is 0 Å². The van der Waals surface area contributed by atoms with Crippen LogP contribution in [0.25, 0.3) is 5.69 Å². The third-order valence-corrected chi connectivity index (χ3v) is 4.50. The van der Waals surface area contributed by atoms with Crippen LogP contribution in [0.4, 0.5) is 4.39 Å². The number of hydrogen-bond acceptors (Lipinski definition) is 5. The number of carbonyl (C=O) groups is 2. The Morgan fingerprint density at radius 2 is 2.08 bits per heavy atom. The van der Waals surface area contributed by atoms with Crippen LogP contribution in [0.1, 0.15) is 22.3 Å². The lowest BCUT2D eigenvalue weighted by Gasteiger charge is -2.14. The van der Waals surface area contributed by atoms with Crippen molar-refractivity contribution in [2.75, 3.05) is 0 Å². The summed E-state index contributed by atoms with van der Waals surface area (Å²) in [7, 11) is 0. The molecule has 0 saturated carbocycles. The van der Waals surface area contributed by atoms with Crippen LogP contribution in [0.15, 0.2) is 54.3 Å². The second-order valence-electron chi connectivity index (χ2n) is 5.47. The van der Waals surface area contributed by atoms with Gasteiger partial charge in [0.1, 0.15) is 5.82 Å². The maximum Gasteiger partial charge on any atom is 0.357 e. The molecule has 0 aliphatic carbocycles. The molecule has 2 aromatic heterocycles. The first kappa shape index (κ1) is 17.8. The summed E-state index contributed by atoms with van der Waals surface area (Å²) in [5.41, 5.74) is 0.708. The highest BCUT2D eigenvalue weighted by molar-refractivity contribution is 7.09. The Hall–Kier alpha value is -3.00. The minimum atomic E-state index is -0.959. The van der Waals surface area contributed by atoms with E-state index in [0.29, 0.717) is 12.2 Å². The molecular formula is C18H16FN3O3S. The number of benzene rings is 1. The molecule has 0 radical (unpaired) electrons. The minimum Gasteiger partial charge on any atom is -0.448 e. The third kappa shape index (κ3) is 4.15. The fourth-order valence-electron chi connectivity index (χ4n) is 2.26. The van der Waals surface area contributed by atoms with E-state index < -0.39 is 12.1 Å². The van der Waals surface area contributed by atoms with Crippen LogP contribution in [0, 0.1) is 5.82 Å². The van der Waals surface area contributed by atoms with E-state index in [-0.39, 0.29) is 17.4 Å². The van der Waals surface area contributed by atoms with Crippen LogP contribution in [0.2, 0.25) is 0 Å². The molecule has 8 heteroatoms. The molecule has 3 aromatic rings. The van der Waals surface area contributed by atoms with E-state index in [1.807, 2.05) is 17.5 Å². The summed E-state index contributed by atoms with van der Waals surface area (Å²) in [6.07, 6.45) is 1.80. The number of aromatic nitrogens is 2. The SMILES string of the molecule is CC(OC(=O)c1cncn1-c1ccc(F)cc1)C(=O)NCc1cccs1. The molecule has 26 heavy (non-hydrogen) atoms. The standard InChI is InChI=1S/C18H16FN3O3S/c1-12(17(23)21-9-15-3-2-8-26-15)25-18(24)16-10-20-11-22(16)14-6-4-13(19)5-7-14/h2-8,10-12H,9H2,1H3,(H,21,23). The highest BCUT2D eigenvalue weighted by Crippen LogP contribution is 2.14. The molecule has 1 amide bonds. The predicted octanol–water partition coefficient (Wildman–Crippen LogP) is 2.93. The number of ether oxygens (including phenoxy) is 1. The number of halogens is 1. The van der Waals surface area contributed by atoms with Gasteiger partial charge in [-0.1, -0.05) is 6.07 Å². The van der Waals surface area contributed by atoms with Gasteiger partial charge < -0.3 is 10.1 Å². The van der Waals surface area contributed by atoms with Gasteiger partial charge in [-0.2, -0.15) is 0 Å². The largest absolute Gasteiger partial charge is 0.448 e. The van der Waals surface area contributed by atoms with Crippen LogP contribution in [-0.4, -0.2) is 27.5 Å². The van der Waals surface area contributed by atoms with Gasteiger partial charge in [-0.25, -0.2) is 14.2 Å². The minimum absolute atomic E-state index is 0.148. The number of thiophene rings is 1. The molecule has 0 spiro atoms. The van der Waals surface area contributed by atoms with Gasteiger partial charge in [0, 0.05) is 10.6 Å². The van der Waals surface area contributed by atoms with Gasteiger partial charge in [-0.15, -0.1) is 11.3 Å². The molecule has 134 valence electrons. The predicted molar refractivity (Wildman–Crippen MR) is 94.6 cm³/mol. The summed E-state index contributed by atoms with van der Waals surface area (Å²) in [5, 5.41) is 4.64. The molecule has 1 atom stereocenters. The average Bonchev–Trinajstić information content (AvgIpc) is 3.32. The molecule has 1 N–H and O–H groups in total. The van der Waals surface area contributed by atoms with E-state index >= 15 is 0 Å². The molecule has 0 aliphatic rings. The van der Waals surface area contributed by atoms with Crippen LogP contribution < -0.4 is 5.32 Å². The third-order valence-electron chi connectivity index (χ3n) is 3.62. The van der Waals surface area contributed by atoms with Crippen LogP contribution in [-0.2, 0) is 16.1 Å². The molecule has 0 saturated heterocycles. The quantitative estimate of drug-likeness (QED) is 0.675. The molecule has 6 nitrogen and oxygen atoms in total. The molecule has 0 fully saturated rings. The summed E-state index contributed by atoms with van der Waals surface area (Å²) in [4.78, 5) is 29.4. The molecule has 3 rings (SSSR count). The van der Waals surface area contributed by atoms with E-state index in [4.69, 9.17) is 4.74 Å². The first-order valence-corrected chi connectivity index (χ1v) is 8.72. The lowest BCUT2D eigenvalue weighted by molar-refractivity contribution is -0.129. The first-order chi connectivity index (χ1) is 12.5. The van der Waals surface area contributed by atoms with Gasteiger partial charge in [-0.3, -0.25) is 9.36 Å². The van der Waals surface area contributed by atoms with Gasteiger partial charge >= 0.3 is 5.97 Å². The average molecular weight is 373 g/mol. The van der Waals surface area contributed by atoms with E-state index in [1.54, 1.807) is 0 Å². The summed E-state index contributed by atoms with van der Waals surface area (Å²) < 4.78 is 19.8. The molecule has 1 aromatic carbocycles. The van der Waals surface area contributed by atoms with Crippen molar-refractivity contribution in [2.45, 2.75) is 19.6 Å². The molecule has 0 bridgehead atoms. The van der Waals surface area contributed by atoms with Crippen molar-refractivity contribution in [3.05, 3.63) is 70.7 Å². The highest BCUT2D eigenvalue weighted by atomic mass is 32.1.